The molecule has 3 atom stereocenters. The fourth-order valence-electron chi connectivity index (χ4n) is 5.91. The Morgan fingerprint density at radius 3 is 2.45 bits per heavy atom. The number of rotatable bonds is 4. The van der Waals surface area contributed by atoms with Gasteiger partial charge in [0.2, 0.25) is 11.8 Å². The van der Waals surface area contributed by atoms with Gasteiger partial charge in [0.25, 0.3) is 5.91 Å². The molecule has 3 aliphatic rings. The van der Waals surface area contributed by atoms with Crippen molar-refractivity contribution < 1.29 is 31.9 Å². The molecule has 3 aromatic rings. The van der Waals surface area contributed by atoms with Crippen molar-refractivity contribution in [3.8, 4) is 11.3 Å². The van der Waals surface area contributed by atoms with E-state index in [1.807, 2.05) is 13.8 Å². The molecule has 0 spiro atoms. The Balaban J connectivity index is 0.00000323. The minimum atomic E-state index is -4.75. The Bertz CT molecular complexity index is 1550. The molecular formula is C27H25ClF4N4O3S. The van der Waals surface area contributed by atoms with E-state index in [0.29, 0.717) is 15.1 Å². The molecule has 3 amide bonds. The Morgan fingerprint density at radius 2 is 1.85 bits per heavy atom. The predicted octanol–water partition coefficient (Wildman–Crippen LogP) is 5.43. The van der Waals surface area contributed by atoms with E-state index in [4.69, 9.17) is 0 Å². The zero-order chi connectivity index (χ0) is 28.0. The molecule has 2 saturated heterocycles. The number of nitrogens with zero attached hydrogens (tertiary/aromatic N) is 4. The molecule has 3 aromatic heterocycles. The highest BCUT2D eigenvalue weighted by Gasteiger charge is 2.72. The summed E-state index contributed by atoms with van der Waals surface area (Å²) < 4.78 is 55.7. The summed E-state index contributed by atoms with van der Waals surface area (Å²) in [6, 6.07) is 4.01. The normalized spacial score (nSPS) is 23.5. The Hall–Kier alpha value is -3.12. The number of aryl methyl sites for hydroxylation is 1. The number of halogens is 5. The van der Waals surface area contributed by atoms with Gasteiger partial charge in [0.15, 0.2) is 0 Å². The van der Waals surface area contributed by atoms with Crippen LogP contribution in [0.25, 0.3) is 21.5 Å². The number of hydrogen-bond acceptors (Lipinski definition) is 6. The molecule has 1 saturated carbocycles. The van der Waals surface area contributed by atoms with Crippen LogP contribution < -0.4 is 0 Å². The zero-order valence-corrected chi connectivity index (χ0v) is 23.3. The molecule has 3 fully saturated rings. The molecule has 13 heteroatoms. The lowest BCUT2D eigenvalue weighted by Gasteiger charge is -2.20. The second-order valence-corrected chi connectivity index (χ2v) is 12.1. The van der Waals surface area contributed by atoms with E-state index in [1.165, 1.54) is 40.3 Å². The molecule has 2 aliphatic heterocycles. The SMILES string of the molecule is Cc1cc(C(F)(F)F)nc(-c2ccnc3cc(CN4C(=O)C5C(C4=O)C5(C)C)sc23)c1C(=O)N1CC[C@H](F)C1.Cl. The largest absolute Gasteiger partial charge is 0.433 e. The van der Waals surface area contributed by atoms with E-state index < -0.39 is 23.9 Å². The van der Waals surface area contributed by atoms with Crippen LogP contribution >= 0.6 is 23.7 Å². The van der Waals surface area contributed by atoms with Gasteiger partial charge in [0.1, 0.15) is 11.9 Å². The molecule has 0 N–H and O–H groups in total. The lowest BCUT2D eigenvalue weighted by molar-refractivity contribution is -0.144. The number of fused-ring (bicyclic) bond motifs is 2. The van der Waals surface area contributed by atoms with Crippen molar-refractivity contribution in [1.82, 2.24) is 19.8 Å². The van der Waals surface area contributed by atoms with Gasteiger partial charge in [-0.1, -0.05) is 13.8 Å². The number of imide groups is 1. The average molecular weight is 597 g/mol. The summed E-state index contributed by atoms with van der Waals surface area (Å²) in [6.45, 7) is 5.25. The molecule has 0 bridgehead atoms. The first-order chi connectivity index (χ1) is 18.3. The van der Waals surface area contributed by atoms with E-state index in [1.54, 1.807) is 6.07 Å². The van der Waals surface area contributed by atoms with Crippen molar-refractivity contribution in [2.75, 3.05) is 13.1 Å². The van der Waals surface area contributed by atoms with Gasteiger partial charge in [-0.2, -0.15) is 13.2 Å². The maximum atomic E-state index is 13.9. The summed E-state index contributed by atoms with van der Waals surface area (Å²) in [6.07, 6.45) is -4.37. The van der Waals surface area contributed by atoms with Gasteiger partial charge in [-0.05, 0) is 42.5 Å². The van der Waals surface area contributed by atoms with Gasteiger partial charge in [0.05, 0.1) is 46.4 Å². The number of amides is 3. The summed E-state index contributed by atoms with van der Waals surface area (Å²) in [4.78, 5) is 50.5. The third-order valence-corrected chi connectivity index (χ3v) is 9.20. The van der Waals surface area contributed by atoms with Crippen LogP contribution in [0.2, 0.25) is 0 Å². The van der Waals surface area contributed by atoms with E-state index >= 15 is 0 Å². The summed E-state index contributed by atoms with van der Waals surface area (Å²) >= 11 is 1.18. The molecule has 40 heavy (non-hydrogen) atoms. The fourth-order valence-corrected chi connectivity index (χ4v) is 7.03. The fraction of sp³-hybridized carbons (Fsp3) is 0.444. The highest BCUT2D eigenvalue weighted by Crippen LogP contribution is 2.63. The van der Waals surface area contributed by atoms with Gasteiger partial charge in [-0.3, -0.25) is 24.3 Å². The first kappa shape index (κ1) is 28.4. The first-order valence-electron chi connectivity index (χ1n) is 12.5. The smallest absolute Gasteiger partial charge is 0.336 e. The minimum absolute atomic E-state index is 0. The standard InChI is InChI=1S/C27H24F4N4O3S.ClH/c1-12-8-17(27(29,30)31)33-21(18(12)23(36)34-7-5-13(28)10-34)15-4-6-32-16-9-14(39-22(15)16)11-35-24(37)19-20(25(35)38)26(19,2)3;/h4,6,8-9,13,19-20H,5,7,10-11H2,1-3H3;1H/t13-,19?,20?;/m0./s1. The summed E-state index contributed by atoms with van der Waals surface area (Å²) in [7, 11) is 0. The highest BCUT2D eigenvalue weighted by atomic mass is 35.5. The number of likely N-dealkylation sites (tertiary alicyclic amines) is 2. The van der Waals surface area contributed by atoms with Crippen LogP contribution in [0.3, 0.4) is 0 Å². The molecule has 5 heterocycles. The van der Waals surface area contributed by atoms with E-state index in [9.17, 15) is 31.9 Å². The molecule has 6 rings (SSSR count). The summed E-state index contributed by atoms with van der Waals surface area (Å²) in [5.41, 5.74) is -0.874. The van der Waals surface area contributed by atoms with Gasteiger partial charge in [0, 0.05) is 23.2 Å². The third-order valence-electron chi connectivity index (χ3n) is 8.06. The van der Waals surface area contributed by atoms with Crippen molar-refractivity contribution in [3.05, 3.63) is 46.1 Å². The quantitative estimate of drug-likeness (QED) is 0.296. The van der Waals surface area contributed by atoms with Gasteiger partial charge >= 0.3 is 6.18 Å². The van der Waals surface area contributed by atoms with Gasteiger partial charge in [-0.25, -0.2) is 9.37 Å². The van der Waals surface area contributed by atoms with Gasteiger partial charge in [-0.15, -0.1) is 23.7 Å². The number of alkyl halides is 4. The lowest BCUT2D eigenvalue weighted by atomic mass is 9.99. The molecule has 212 valence electrons. The van der Waals surface area contributed by atoms with Crippen LogP contribution in [0.1, 0.15) is 46.8 Å². The van der Waals surface area contributed by atoms with Crippen LogP contribution in [0.4, 0.5) is 17.6 Å². The van der Waals surface area contributed by atoms with Crippen LogP contribution in [0.15, 0.2) is 24.4 Å². The Kier molecular flexibility index (Phi) is 6.73. The summed E-state index contributed by atoms with van der Waals surface area (Å²) in [5, 5.41) is 0. The molecular weight excluding hydrogens is 572 g/mol. The highest BCUT2D eigenvalue weighted by molar-refractivity contribution is 7.19. The minimum Gasteiger partial charge on any atom is -0.336 e. The second kappa shape index (κ2) is 9.47. The molecule has 2 unspecified atom stereocenters. The zero-order valence-electron chi connectivity index (χ0n) is 21.7. The maximum Gasteiger partial charge on any atom is 0.433 e. The number of carbonyl (C=O) groups excluding carboxylic acids is 3. The van der Waals surface area contributed by atoms with E-state index in [-0.39, 0.29) is 89.9 Å². The van der Waals surface area contributed by atoms with Crippen LogP contribution in [-0.2, 0) is 22.3 Å². The Morgan fingerprint density at radius 1 is 1.18 bits per heavy atom. The molecule has 0 aromatic carbocycles. The van der Waals surface area contributed by atoms with Crippen molar-refractivity contribution in [2.45, 2.75) is 46.1 Å². The number of carbonyl (C=O) groups is 3. The number of thiophene rings is 1. The monoisotopic (exact) mass is 596 g/mol. The number of hydrogen-bond donors (Lipinski definition) is 0. The number of piperidine rings is 1. The molecule has 0 radical (unpaired) electrons. The van der Waals surface area contributed by atoms with Crippen molar-refractivity contribution >= 4 is 51.7 Å². The maximum absolute atomic E-state index is 13.9. The molecule has 7 nitrogen and oxygen atoms in total. The lowest BCUT2D eigenvalue weighted by Crippen LogP contribution is -2.35. The van der Waals surface area contributed by atoms with Gasteiger partial charge < -0.3 is 4.90 Å². The topological polar surface area (TPSA) is 83.5 Å². The predicted molar refractivity (Wildman–Crippen MR) is 142 cm³/mol. The van der Waals surface area contributed by atoms with Crippen molar-refractivity contribution in [3.63, 3.8) is 0 Å². The molecule has 1 aliphatic carbocycles. The second-order valence-electron chi connectivity index (χ2n) is 11.0. The summed E-state index contributed by atoms with van der Waals surface area (Å²) in [5.74, 6) is -1.68. The van der Waals surface area contributed by atoms with Crippen LogP contribution in [-0.4, -0.2) is 56.8 Å². The van der Waals surface area contributed by atoms with Crippen LogP contribution in [0.5, 0.6) is 0 Å². The Labute approximate surface area is 237 Å². The van der Waals surface area contributed by atoms with E-state index in [0.717, 1.165) is 6.07 Å². The van der Waals surface area contributed by atoms with Crippen LogP contribution in [0, 0.1) is 24.2 Å². The van der Waals surface area contributed by atoms with Crippen molar-refractivity contribution in [1.29, 1.82) is 0 Å². The third kappa shape index (κ3) is 4.36. The average Bonchev–Trinajstić information content (AvgIpc) is 3.24. The number of aromatic nitrogens is 2. The van der Waals surface area contributed by atoms with Crippen molar-refractivity contribution in [2.24, 2.45) is 17.3 Å². The first-order valence-corrected chi connectivity index (χ1v) is 13.4. The van der Waals surface area contributed by atoms with E-state index in [2.05, 4.69) is 9.97 Å². The number of pyridine rings is 2.